The fourth-order valence-corrected chi connectivity index (χ4v) is 4.57. The number of nitrogens with zero attached hydrogens (tertiary/aromatic N) is 2. The zero-order chi connectivity index (χ0) is 27.5. The Morgan fingerprint density at radius 2 is 1.68 bits per heavy atom. The second kappa shape index (κ2) is 14.6. The summed E-state index contributed by atoms with van der Waals surface area (Å²) in [5, 5.41) is 19.8. The second-order valence-corrected chi connectivity index (χ2v) is 9.62. The first kappa shape index (κ1) is 29.3. The summed E-state index contributed by atoms with van der Waals surface area (Å²) in [4.78, 5) is 35.5. The molecule has 0 unspecified atom stereocenters. The molecule has 2 aromatic rings. The zero-order valence-electron chi connectivity index (χ0n) is 20.9. The highest BCUT2D eigenvalue weighted by Gasteiger charge is 2.19. The third-order valence-electron chi connectivity index (χ3n) is 6.13. The predicted molar refractivity (Wildman–Crippen MR) is 148 cm³/mol. The molecule has 1 saturated heterocycles. The molecule has 0 saturated carbocycles. The van der Waals surface area contributed by atoms with Crippen LogP contribution in [0.25, 0.3) is 0 Å². The normalized spacial score (nSPS) is 15.3. The number of halogens is 2. The number of fused-ring (bicyclic) bond motifs is 1. The lowest BCUT2D eigenvalue weighted by Gasteiger charge is -2.36. The van der Waals surface area contributed by atoms with Gasteiger partial charge in [-0.3, -0.25) is 9.69 Å². The maximum Gasteiger partial charge on any atom is 0.328 e. The molecule has 0 radical (unpaired) electrons. The summed E-state index contributed by atoms with van der Waals surface area (Å²) in [5.74, 6) is -1.61. The number of benzene rings is 2. The number of hydrogen-bond donors (Lipinski definition) is 3. The van der Waals surface area contributed by atoms with Crippen molar-refractivity contribution in [2.75, 3.05) is 49.5 Å². The van der Waals surface area contributed by atoms with E-state index < -0.39 is 11.9 Å². The largest absolute Gasteiger partial charge is 0.494 e. The minimum Gasteiger partial charge on any atom is -0.494 e. The predicted octanol–water partition coefficient (Wildman–Crippen LogP) is 4.57. The molecular weight excluding hydrogens is 533 g/mol. The average molecular weight is 564 g/mol. The Bertz CT molecular complexity index is 1150. The number of nitrogens with one attached hydrogen (secondary N) is 1. The smallest absolute Gasteiger partial charge is 0.328 e. The van der Waals surface area contributed by atoms with Gasteiger partial charge in [-0.1, -0.05) is 35.3 Å². The van der Waals surface area contributed by atoms with Crippen molar-refractivity contribution >= 4 is 52.4 Å². The third-order valence-corrected chi connectivity index (χ3v) is 6.94. The Morgan fingerprint density at radius 3 is 2.37 bits per heavy atom. The molecule has 2 heterocycles. The second-order valence-electron chi connectivity index (χ2n) is 8.83. The van der Waals surface area contributed by atoms with Crippen molar-refractivity contribution in [2.24, 2.45) is 0 Å². The molecule has 0 bridgehead atoms. The van der Waals surface area contributed by atoms with Gasteiger partial charge in [-0.2, -0.15) is 0 Å². The van der Waals surface area contributed by atoms with Crippen LogP contribution in [0.5, 0.6) is 5.75 Å². The molecule has 2 aromatic carbocycles. The van der Waals surface area contributed by atoms with E-state index in [1.807, 2.05) is 30.3 Å². The summed E-state index contributed by atoms with van der Waals surface area (Å²) in [6, 6.07) is 11.8. The first-order valence-corrected chi connectivity index (χ1v) is 13.1. The molecule has 1 fully saturated rings. The monoisotopic (exact) mass is 563 g/mol. The number of anilines is 2. The Hall–Kier alpha value is -3.27. The minimum atomic E-state index is -1.26. The van der Waals surface area contributed by atoms with Crippen molar-refractivity contribution < 1.29 is 29.3 Å². The third kappa shape index (κ3) is 9.24. The van der Waals surface area contributed by atoms with Crippen molar-refractivity contribution in [1.82, 2.24) is 4.90 Å². The standard InChI is InChI=1S/C23H27Cl2N3O2.C4H4O4/c24-19-4-3-5-21(23(19)25)28-13-11-27(12-14-28)10-1-2-15-30-18-8-6-17-7-9-22(29)26-20(17)16-18;5-3(6)1-2-4(7)8/h3-6,8,16H,1-2,7,9-15H2,(H,26,29);1-2H,(H,5,6)(H,7,8)/b;2-1+. The molecule has 2 aliphatic rings. The fraction of sp³-hybridized carbons (Fsp3) is 0.370. The van der Waals surface area contributed by atoms with E-state index in [0.29, 0.717) is 35.2 Å². The summed E-state index contributed by atoms with van der Waals surface area (Å²) in [6.07, 6.45) is 4.58. The van der Waals surface area contributed by atoms with Crippen LogP contribution in [0.1, 0.15) is 24.8 Å². The van der Waals surface area contributed by atoms with E-state index in [1.54, 1.807) is 0 Å². The number of aliphatic carboxylic acids is 2. The number of unbranched alkanes of at least 4 members (excludes halogenated alkanes) is 1. The number of ether oxygens (including phenoxy) is 1. The first-order chi connectivity index (χ1) is 18.2. The number of carboxylic acids is 2. The van der Waals surface area contributed by atoms with E-state index in [0.717, 1.165) is 69.1 Å². The van der Waals surface area contributed by atoms with Crippen molar-refractivity contribution in [3.63, 3.8) is 0 Å². The highest BCUT2D eigenvalue weighted by Crippen LogP contribution is 2.33. The lowest BCUT2D eigenvalue weighted by Crippen LogP contribution is -2.46. The number of hydrogen-bond acceptors (Lipinski definition) is 6. The quantitative estimate of drug-likeness (QED) is 0.300. The van der Waals surface area contributed by atoms with E-state index in [2.05, 4.69) is 21.2 Å². The number of carbonyl (C=O) groups is 3. The number of aryl methyl sites for hydroxylation is 1. The highest BCUT2D eigenvalue weighted by molar-refractivity contribution is 6.43. The number of amides is 1. The Morgan fingerprint density at radius 1 is 0.974 bits per heavy atom. The zero-order valence-corrected chi connectivity index (χ0v) is 22.4. The van der Waals surface area contributed by atoms with Crippen LogP contribution in [0.4, 0.5) is 11.4 Å². The average Bonchev–Trinajstić information content (AvgIpc) is 2.89. The topological polar surface area (TPSA) is 119 Å². The Kier molecular flexibility index (Phi) is 11.3. The molecule has 0 aliphatic carbocycles. The van der Waals surface area contributed by atoms with E-state index in [4.69, 9.17) is 38.2 Å². The SMILES string of the molecule is O=C(O)/C=C/C(=O)O.O=C1CCc2ccc(OCCCCN3CCN(c4cccc(Cl)c4Cl)CC3)cc2N1. The van der Waals surface area contributed by atoms with Gasteiger partial charge in [0.2, 0.25) is 5.91 Å². The molecular formula is C27H31Cl2N3O6. The summed E-state index contributed by atoms with van der Waals surface area (Å²) in [7, 11) is 0. The molecule has 4 rings (SSSR count). The van der Waals surface area contributed by atoms with Crippen LogP contribution in [0, 0.1) is 0 Å². The van der Waals surface area contributed by atoms with E-state index in [-0.39, 0.29) is 5.91 Å². The van der Waals surface area contributed by atoms with Gasteiger partial charge in [0, 0.05) is 56.5 Å². The molecule has 1 amide bonds. The van der Waals surface area contributed by atoms with Gasteiger partial charge in [0.1, 0.15) is 5.75 Å². The Balaban J connectivity index is 0.000000436. The van der Waals surface area contributed by atoms with Crippen LogP contribution in [0.15, 0.2) is 48.6 Å². The van der Waals surface area contributed by atoms with E-state index in [9.17, 15) is 14.4 Å². The van der Waals surface area contributed by atoms with Gasteiger partial charge in [-0.15, -0.1) is 0 Å². The van der Waals surface area contributed by atoms with Crippen LogP contribution >= 0.6 is 23.2 Å². The van der Waals surface area contributed by atoms with Crippen molar-refractivity contribution in [3.8, 4) is 5.75 Å². The number of carboxylic acid groups (broad SMARTS) is 2. The molecule has 204 valence electrons. The fourth-order valence-electron chi connectivity index (χ4n) is 4.16. The van der Waals surface area contributed by atoms with Crippen molar-refractivity contribution in [3.05, 3.63) is 64.2 Å². The highest BCUT2D eigenvalue weighted by atomic mass is 35.5. The van der Waals surface area contributed by atoms with Crippen molar-refractivity contribution in [1.29, 1.82) is 0 Å². The van der Waals surface area contributed by atoms with Crippen LogP contribution < -0.4 is 15.0 Å². The van der Waals surface area contributed by atoms with Gasteiger partial charge >= 0.3 is 11.9 Å². The maximum absolute atomic E-state index is 11.5. The van der Waals surface area contributed by atoms with Crippen LogP contribution in [-0.2, 0) is 20.8 Å². The maximum atomic E-state index is 11.5. The van der Waals surface area contributed by atoms with E-state index >= 15 is 0 Å². The number of rotatable bonds is 9. The van der Waals surface area contributed by atoms with Crippen LogP contribution in [0.3, 0.4) is 0 Å². The molecule has 2 aliphatic heterocycles. The van der Waals surface area contributed by atoms with Gasteiger partial charge < -0.3 is 25.2 Å². The summed E-state index contributed by atoms with van der Waals surface area (Å²) < 4.78 is 5.89. The van der Waals surface area contributed by atoms with Gasteiger partial charge in [0.15, 0.2) is 0 Å². The van der Waals surface area contributed by atoms with Gasteiger partial charge in [0.25, 0.3) is 0 Å². The van der Waals surface area contributed by atoms with Crippen LogP contribution in [-0.4, -0.2) is 72.3 Å². The molecule has 3 N–H and O–H groups in total. The Labute approximate surface area is 231 Å². The number of carbonyl (C=O) groups excluding carboxylic acids is 1. The van der Waals surface area contributed by atoms with Gasteiger partial charge in [-0.05, 0) is 49.6 Å². The summed E-state index contributed by atoms with van der Waals surface area (Å²) in [6.45, 7) is 5.71. The number of piperazine rings is 1. The lowest BCUT2D eigenvalue weighted by molar-refractivity contribution is -0.134. The summed E-state index contributed by atoms with van der Waals surface area (Å²) in [5.41, 5.74) is 3.10. The van der Waals surface area contributed by atoms with Crippen molar-refractivity contribution in [2.45, 2.75) is 25.7 Å². The van der Waals surface area contributed by atoms with E-state index in [1.165, 1.54) is 5.56 Å². The molecule has 38 heavy (non-hydrogen) atoms. The van der Waals surface area contributed by atoms with Gasteiger partial charge in [0.05, 0.1) is 22.3 Å². The molecule has 9 nitrogen and oxygen atoms in total. The molecule has 11 heteroatoms. The van der Waals surface area contributed by atoms with Gasteiger partial charge in [-0.25, -0.2) is 9.59 Å². The molecule has 0 spiro atoms. The molecule has 0 atom stereocenters. The van der Waals surface area contributed by atoms with Crippen LogP contribution in [0.2, 0.25) is 10.0 Å². The minimum absolute atomic E-state index is 0.0809. The first-order valence-electron chi connectivity index (χ1n) is 12.3. The lowest BCUT2D eigenvalue weighted by atomic mass is 10.0. The molecule has 0 aromatic heterocycles. The summed E-state index contributed by atoms with van der Waals surface area (Å²) >= 11 is 12.5.